The molecule has 0 aromatic rings. The van der Waals surface area contributed by atoms with E-state index in [1.807, 2.05) is 0 Å². The van der Waals surface area contributed by atoms with E-state index in [4.69, 9.17) is 6.42 Å². The van der Waals surface area contributed by atoms with Crippen molar-refractivity contribution < 1.29 is 0 Å². The molecule has 0 aromatic carbocycles. The highest BCUT2D eigenvalue weighted by Gasteiger charge is 2.27. The zero-order valence-electron chi connectivity index (χ0n) is 11.1. The Morgan fingerprint density at radius 3 is 2.19 bits per heavy atom. The summed E-state index contributed by atoms with van der Waals surface area (Å²) in [6.07, 6.45) is 13.0. The van der Waals surface area contributed by atoms with Gasteiger partial charge < -0.3 is 5.32 Å². The number of hydrogen-bond donors (Lipinski definition) is 1. The first kappa shape index (κ1) is 13.6. The van der Waals surface area contributed by atoms with Crippen molar-refractivity contribution in [1.82, 2.24) is 5.32 Å². The smallest absolute Gasteiger partial charge is 0.0101 e. The maximum Gasteiger partial charge on any atom is 0.0101 e. The average molecular weight is 221 g/mol. The third-order valence-corrected chi connectivity index (χ3v) is 4.30. The van der Waals surface area contributed by atoms with Crippen LogP contribution in [0.3, 0.4) is 0 Å². The second-order valence-corrected chi connectivity index (χ2v) is 5.56. The van der Waals surface area contributed by atoms with Gasteiger partial charge in [0, 0.05) is 12.5 Å². The summed E-state index contributed by atoms with van der Waals surface area (Å²) < 4.78 is 0. The van der Waals surface area contributed by atoms with Crippen LogP contribution in [0.1, 0.15) is 52.4 Å². The van der Waals surface area contributed by atoms with Crippen molar-refractivity contribution in [2.24, 2.45) is 17.8 Å². The minimum Gasteiger partial charge on any atom is -0.317 e. The molecule has 16 heavy (non-hydrogen) atoms. The second kappa shape index (κ2) is 6.97. The fourth-order valence-corrected chi connectivity index (χ4v) is 3.07. The molecule has 0 heterocycles. The first-order valence-electron chi connectivity index (χ1n) is 6.79. The molecule has 92 valence electrons. The monoisotopic (exact) mass is 221 g/mol. The Balaban J connectivity index is 2.36. The quantitative estimate of drug-likeness (QED) is 0.701. The van der Waals surface area contributed by atoms with Gasteiger partial charge in [-0.3, -0.25) is 0 Å². The van der Waals surface area contributed by atoms with Crippen LogP contribution in [0, 0.1) is 30.1 Å². The fourth-order valence-electron chi connectivity index (χ4n) is 3.07. The minimum absolute atomic E-state index is 0.643. The van der Waals surface area contributed by atoms with E-state index in [0.717, 1.165) is 30.6 Å². The average Bonchev–Trinajstić information content (AvgIpc) is 2.30. The Kier molecular flexibility index (Phi) is 5.91. The summed E-state index contributed by atoms with van der Waals surface area (Å²) in [5.41, 5.74) is 0. The molecule has 1 nitrogen and oxygen atoms in total. The number of hydrogen-bond acceptors (Lipinski definition) is 1. The molecule has 1 saturated carbocycles. The molecule has 1 N–H and O–H groups in total. The molecule has 1 aliphatic carbocycles. The van der Waals surface area contributed by atoms with E-state index < -0.39 is 0 Å². The van der Waals surface area contributed by atoms with Crippen LogP contribution in [0.4, 0.5) is 0 Å². The van der Waals surface area contributed by atoms with Crippen LogP contribution >= 0.6 is 0 Å². The SMILES string of the molecule is C#CCCC(NC)C1CCC(C(C)C)CC1. The van der Waals surface area contributed by atoms with Crippen molar-refractivity contribution in [3.05, 3.63) is 0 Å². The van der Waals surface area contributed by atoms with Crippen molar-refractivity contribution in [3.8, 4) is 12.3 Å². The van der Waals surface area contributed by atoms with Gasteiger partial charge in [-0.25, -0.2) is 0 Å². The standard InChI is InChI=1S/C15H27N/c1-5-6-7-15(16-4)14-10-8-13(9-11-14)12(2)3/h1,12-16H,6-11H2,2-4H3. The highest BCUT2D eigenvalue weighted by atomic mass is 14.9. The Hall–Kier alpha value is -0.480. The molecule has 1 heteroatoms. The molecule has 1 aliphatic rings. The van der Waals surface area contributed by atoms with Crippen molar-refractivity contribution in [1.29, 1.82) is 0 Å². The predicted octanol–water partition coefficient (Wildman–Crippen LogP) is 3.45. The Bertz CT molecular complexity index is 218. The Morgan fingerprint density at radius 2 is 1.75 bits per heavy atom. The normalized spacial score (nSPS) is 27.7. The largest absolute Gasteiger partial charge is 0.317 e. The van der Waals surface area contributed by atoms with Gasteiger partial charge in [0.1, 0.15) is 0 Å². The molecule has 0 aromatic heterocycles. The molecule has 1 rings (SSSR count). The molecule has 1 fully saturated rings. The maximum atomic E-state index is 5.35. The van der Waals surface area contributed by atoms with Gasteiger partial charge in [0.2, 0.25) is 0 Å². The van der Waals surface area contributed by atoms with E-state index in [2.05, 4.69) is 32.1 Å². The molecule has 0 amide bonds. The maximum absolute atomic E-state index is 5.35. The summed E-state index contributed by atoms with van der Waals surface area (Å²) >= 11 is 0. The highest BCUT2D eigenvalue weighted by Crippen LogP contribution is 2.35. The summed E-state index contributed by atoms with van der Waals surface area (Å²) in [7, 11) is 2.08. The van der Waals surface area contributed by atoms with Crippen LogP contribution in [0.25, 0.3) is 0 Å². The van der Waals surface area contributed by atoms with Gasteiger partial charge in [-0.1, -0.05) is 13.8 Å². The van der Waals surface area contributed by atoms with E-state index in [0.29, 0.717) is 6.04 Å². The van der Waals surface area contributed by atoms with Gasteiger partial charge in [0.15, 0.2) is 0 Å². The molecule has 1 atom stereocenters. The van der Waals surface area contributed by atoms with Gasteiger partial charge in [0.05, 0.1) is 0 Å². The first-order valence-corrected chi connectivity index (χ1v) is 6.79. The third kappa shape index (κ3) is 3.83. The summed E-state index contributed by atoms with van der Waals surface area (Å²) in [5.74, 6) is 5.43. The van der Waals surface area contributed by atoms with E-state index >= 15 is 0 Å². The van der Waals surface area contributed by atoms with E-state index in [-0.39, 0.29) is 0 Å². The van der Waals surface area contributed by atoms with Crippen molar-refractivity contribution >= 4 is 0 Å². The molecule has 1 unspecified atom stereocenters. The fraction of sp³-hybridized carbons (Fsp3) is 0.867. The molecular formula is C15H27N. The van der Waals surface area contributed by atoms with Gasteiger partial charge >= 0.3 is 0 Å². The van der Waals surface area contributed by atoms with E-state index in [1.54, 1.807) is 0 Å². The number of rotatable bonds is 5. The lowest BCUT2D eigenvalue weighted by Crippen LogP contribution is -2.36. The van der Waals surface area contributed by atoms with Crippen molar-refractivity contribution in [2.75, 3.05) is 7.05 Å². The molecule has 0 radical (unpaired) electrons. The number of terminal acetylenes is 1. The van der Waals surface area contributed by atoms with Gasteiger partial charge in [-0.2, -0.15) is 0 Å². The van der Waals surface area contributed by atoms with Crippen molar-refractivity contribution in [3.63, 3.8) is 0 Å². The Morgan fingerprint density at radius 1 is 1.19 bits per heavy atom. The van der Waals surface area contributed by atoms with Crippen molar-refractivity contribution in [2.45, 2.75) is 58.4 Å². The summed E-state index contributed by atoms with van der Waals surface area (Å²) in [6, 6.07) is 0.643. The van der Waals surface area contributed by atoms with Crippen LogP contribution < -0.4 is 5.32 Å². The van der Waals surface area contributed by atoms with Gasteiger partial charge in [0.25, 0.3) is 0 Å². The molecule has 0 aliphatic heterocycles. The molecule has 0 spiro atoms. The Labute approximate surface area is 101 Å². The lowest BCUT2D eigenvalue weighted by Gasteiger charge is -2.35. The highest BCUT2D eigenvalue weighted by molar-refractivity contribution is 4.88. The molecular weight excluding hydrogens is 194 g/mol. The van der Waals surface area contributed by atoms with E-state index in [9.17, 15) is 0 Å². The van der Waals surface area contributed by atoms with E-state index in [1.165, 1.54) is 25.7 Å². The zero-order valence-corrected chi connectivity index (χ0v) is 11.1. The number of nitrogens with one attached hydrogen (secondary N) is 1. The predicted molar refractivity (Wildman–Crippen MR) is 71.2 cm³/mol. The van der Waals surface area contributed by atoms with Crippen LogP contribution in [0.15, 0.2) is 0 Å². The topological polar surface area (TPSA) is 12.0 Å². The van der Waals surface area contributed by atoms with Crippen LogP contribution in [-0.4, -0.2) is 13.1 Å². The second-order valence-electron chi connectivity index (χ2n) is 5.56. The van der Waals surface area contributed by atoms with Crippen LogP contribution in [0.5, 0.6) is 0 Å². The minimum atomic E-state index is 0.643. The van der Waals surface area contributed by atoms with Crippen LogP contribution in [-0.2, 0) is 0 Å². The lowest BCUT2D eigenvalue weighted by atomic mass is 9.74. The summed E-state index contributed by atoms with van der Waals surface area (Å²) in [6.45, 7) is 4.72. The van der Waals surface area contributed by atoms with Gasteiger partial charge in [-0.05, 0) is 56.9 Å². The zero-order chi connectivity index (χ0) is 12.0. The lowest BCUT2D eigenvalue weighted by molar-refractivity contribution is 0.188. The summed E-state index contributed by atoms with van der Waals surface area (Å²) in [5, 5.41) is 3.46. The third-order valence-electron chi connectivity index (χ3n) is 4.30. The molecule has 0 saturated heterocycles. The van der Waals surface area contributed by atoms with Crippen LogP contribution in [0.2, 0.25) is 0 Å². The molecule has 0 bridgehead atoms. The van der Waals surface area contributed by atoms with Gasteiger partial charge in [-0.15, -0.1) is 12.3 Å². The summed E-state index contributed by atoms with van der Waals surface area (Å²) in [4.78, 5) is 0. The first-order chi connectivity index (χ1) is 7.69.